The maximum absolute atomic E-state index is 9.41. The van der Waals surface area contributed by atoms with Crippen LogP contribution in [0.25, 0.3) is 0 Å². The molecular formula is C14H24N4O. The Balaban J connectivity index is 1.68. The van der Waals surface area contributed by atoms with Crippen LogP contribution in [0.2, 0.25) is 0 Å². The summed E-state index contributed by atoms with van der Waals surface area (Å²) in [6, 6.07) is 0. The first-order valence-electron chi connectivity index (χ1n) is 7.57. The summed E-state index contributed by atoms with van der Waals surface area (Å²) in [5.41, 5.74) is 0. The fourth-order valence-electron chi connectivity index (χ4n) is 3.37. The van der Waals surface area contributed by atoms with Gasteiger partial charge in [0.15, 0.2) is 5.82 Å². The molecule has 0 bridgehead atoms. The van der Waals surface area contributed by atoms with Gasteiger partial charge in [-0.25, -0.2) is 9.67 Å². The fourth-order valence-corrected chi connectivity index (χ4v) is 3.37. The largest absolute Gasteiger partial charge is 0.396 e. The predicted molar refractivity (Wildman–Crippen MR) is 73.0 cm³/mol. The Morgan fingerprint density at radius 3 is 2.95 bits per heavy atom. The Bertz CT molecular complexity index is 431. The highest BCUT2D eigenvalue weighted by Crippen LogP contribution is 2.26. The molecule has 2 atom stereocenters. The van der Waals surface area contributed by atoms with E-state index in [0.717, 1.165) is 44.0 Å². The van der Waals surface area contributed by atoms with Gasteiger partial charge in [0, 0.05) is 25.4 Å². The number of aromatic nitrogens is 3. The number of aliphatic hydroxyl groups is 1. The van der Waals surface area contributed by atoms with Crippen molar-refractivity contribution in [3.63, 3.8) is 0 Å². The van der Waals surface area contributed by atoms with Crippen molar-refractivity contribution >= 4 is 0 Å². The zero-order chi connectivity index (χ0) is 13.2. The zero-order valence-corrected chi connectivity index (χ0v) is 11.8. The van der Waals surface area contributed by atoms with Crippen LogP contribution >= 0.6 is 0 Å². The summed E-state index contributed by atoms with van der Waals surface area (Å²) in [6.07, 6.45) is 4.41. The van der Waals surface area contributed by atoms with Crippen molar-refractivity contribution in [3.05, 3.63) is 11.6 Å². The van der Waals surface area contributed by atoms with E-state index in [1.807, 2.05) is 4.68 Å². The molecule has 2 aliphatic heterocycles. The molecule has 0 spiro atoms. The second kappa shape index (κ2) is 5.59. The minimum Gasteiger partial charge on any atom is -0.396 e. The van der Waals surface area contributed by atoms with Crippen molar-refractivity contribution in [2.24, 2.45) is 5.92 Å². The third kappa shape index (κ3) is 2.67. The van der Waals surface area contributed by atoms with Crippen LogP contribution in [0.4, 0.5) is 0 Å². The molecule has 0 aliphatic carbocycles. The van der Waals surface area contributed by atoms with Gasteiger partial charge in [-0.15, -0.1) is 0 Å². The number of aryl methyl sites for hydroxylation is 1. The van der Waals surface area contributed by atoms with Gasteiger partial charge in [-0.1, -0.05) is 6.92 Å². The topological polar surface area (TPSA) is 54.2 Å². The van der Waals surface area contributed by atoms with Crippen LogP contribution in [0.15, 0.2) is 0 Å². The highest BCUT2D eigenvalue weighted by Gasteiger charge is 2.26. The van der Waals surface area contributed by atoms with Gasteiger partial charge in [0.2, 0.25) is 0 Å². The lowest BCUT2D eigenvalue weighted by molar-refractivity contribution is 0.234. The van der Waals surface area contributed by atoms with Gasteiger partial charge < -0.3 is 10.0 Å². The quantitative estimate of drug-likeness (QED) is 0.882. The first kappa shape index (κ1) is 13.1. The van der Waals surface area contributed by atoms with Crippen molar-refractivity contribution in [3.8, 4) is 0 Å². The molecule has 0 amide bonds. The summed E-state index contributed by atoms with van der Waals surface area (Å²) in [4.78, 5) is 7.19. The monoisotopic (exact) mass is 264 g/mol. The van der Waals surface area contributed by atoms with E-state index in [4.69, 9.17) is 4.98 Å². The SMILES string of the molecule is CCN1CCC(Cc2nc3n(n2)CCCC3CO)C1. The molecule has 1 N–H and O–H groups in total. The minimum atomic E-state index is 0.200. The van der Waals surface area contributed by atoms with Gasteiger partial charge in [0.1, 0.15) is 5.82 Å². The van der Waals surface area contributed by atoms with Gasteiger partial charge >= 0.3 is 0 Å². The van der Waals surface area contributed by atoms with Crippen molar-refractivity contribution in [1.29, 1.82) is 0 Å². The van der Waals surface area contributed by atoms with Crippen molar-refractivity contribution in [2.45, 2.75) is 45.1 Å². The first-order chi connectivity index (χ1) is 9.30. The van der Waals surface area contributed by atoms with Crippen LogP contribution in [-0.2, 0) is 13.0 Å². The van der Waals surface area contributed by atoms with E-state index in [-0.39, 0.29) is 12.5 Å². The molecule has 106 valence electrons. The molecular weight excluding hydrogens is 240 g/mol. The highest BCUT2D eigenvalue weighted by atomic mass is 16.3. The van der Waals surface area contributed by atoms with Crippen LogP contribution in [0.3, 0.4) is 0 Å². The van der Waals surface area contributed by atoms with Gasteiger partial charge in [-0.05, 0) is 38.3 Å². The third-order valence-electron chi connectivity index (χ3n) is 4.54. The molecule has 3 heterocycles. The van der Waals surface area contributed by atoms with E-state index in [1.165, 1.54) is 19.5 Å². The lowest BCUT2D eigenvalue weighted by atomic mass is 10.0. The Kier molecular flexibility index (Phi) is 3.84. The predicted octanol–water partition coefficient (Wildman–Crippen LogP) is 1.03. The molecule has 1 aromatic rings. The van der Waals surface area contributed by atoms with E-state index >= 15 is 0 Å². The molecule has 5 nitrogen and oxygen atoms in total. The van der Waals surface area contributed by atoms with E-state index in [2.05, 4.69) is 16.9 Å². The van der Waals surface area contributed by atoms with Crippen molar-refractivity contribution in [1.82, 2.24) is 19.7 Å². The Morgan fingerprint density at radius 2 is 2.21 bits per heavy atom. The van der Waals surface area contributed by atoms with Gasteiger partial charge in [-0.2, -0.15) is 5.10 Å². The summed E-state index contributed by atoms with van der Waals surface area (Å²) in [5.74, 6) is 2.90. The van der Waals surface area contributed by atoms with Crippen LogP contribution in [0.1, 0.15) is 43.8 Å². The summed E-state index contributed by atoms with van der Waals surface area (Å²) in [5, 5.41) is 14.0. The molecule has 2 unspecified atom stereocenters. The number of fused-ring (bicyclic) bond motifs is 1. The van der Waals surface area contributed by atoms with Gasteiger partial charge in [-0.3, -0.25) is 0 Å². The average molecular weight is 264 g/mol. The lowest BCUT2D eigenvalue weighted by Crippen LogP contribution is -2.20. The number of nitrogens with zero attached hydrogens (tertiary/aromatic N) is 4. The lowest BCUT2D eigenvalue weighted by Gasteiger charge is -2.19. The highest BCUT2D eigenvalue weighted by molar-refractivity contribution is 5.04. The van der Waals surface area contributed by atoms with E-state index in [0.29, 0.717) is 5.92 Å². The van der Waals surface area contributed by atoms with E-state index in [1.54, 1.807) is 0 Å². The molecule has 0 saturated carbocycles. The maximum atomic E-state index is 9.41. The average Bonchev–Trinajstić information content (AvgIpc) is 3.04. The van der Waals surface area contributed by atoms with Crippen LogP contribution in [0, 0.1) is 5.92 Å². The Hall–Kier alpha value is -0.940. The summed E-state index contributed by atoms with van der Waals surface area (Å²) >= 11 is 0. The second-order valence-electron chi connectivity index (χ2n) is 5.88. The molecule has 5 heteroatoms. The molecule has 1 fully saturated rings. The van der Waals surface area contributed by atoms with E-state index in [9.17, 15) is 5.11 Å². The smallest absolute Gasteiger partial charge is 0.151 e. The minimum absolute atomic E-state index is 0.200. The van der Waals surface area contributed by atoms with Gasteiger partial charge in [0.05, 0.1) is 6.61 Å². The molecule has 0 radical (unpaired) electrons. The Morgan fingerprint density at radius 1 is 1.32 bits per heavy atom. The normalized spacial score (nSPS) is 27.7. The van der Waals surface area contributed by atoms with Crippen molar-refractivity contribution in [2.75, 3.05) is 26.2 Å². The van der Waals surface area contributed by atoms with Gasteiger partial charge in [0.25, 0.3) is 0 Å². The number of hydrogen-bond acceptors (Lipinski definition) is 4. The molecule has 1 saturated heterocycles. The summed E-state index contributed by atoms with van der Waals surface area (Å²) in [6.45, 7) is 6.94. The van der Waals surface area contributed by atoms with Crippen LogP contribution in [-0.4, -0.2) is 51.0 Å². The second-order valence-corrected chi connectivity index (χ2v) is 5.88. The number of rotatable bonds is 4. The molecule has 1 aromatic heterocycles. The zero-order valence-electron chi connectivity index (χ0n) is 11.8. The molecule has 0 aromatic carbocycles. The van der Waals surface area contributed by atoms with Crippen molar-refractivity contribution < 1.29 is 5.11 Å². The first-order valence-corrected chi connectivity index (χ1v) is 7.57. The standard InChI is InChI=1S/C14H24N4O/c1-2-17-7-5-11(9-17)8-13-15-14-12(10-19)4-3-6-18(14)16-13/h11-12,19H,2-10H2,1H3. The third-order valence-corrected chi connectivity index (χ3v) is 4.54. The van der Waals surface area contributed by atoms with Crippen LogP contribution < -0.4 is 0 Å². The summed E-state index contributed by atoms with van der Waals surface area (Å²) < 4.78 is 2.02. The summed E-state index contributed by atoms with van der Waals surface area (Å²) in [7, 11) is 0. The molecule has 19 heavy (non-hydrogen) atoms. The molecule has 3 rings (SSSR count). The van der Waals surface area contributed by atoms with E-state index < -0.39 is 0 Å². The fraction of sp³-hybridized carbons (Fsp3) is 0.857. The maximum Gasteiger partial charge on any atom is 0.151 e. The number of hydrogen-bond donors (Lipinski definition) is 1. The Labute approximate surface area is 114 Å². The molecule has 2 aliphatic rings. The number of aliphatic hydroxyl groups excluding tert-OH is 1. The number of likely N-dealkylation sites (tertiary alicyclic amines) is 1. The van der Waals surface area contributed by atoms with Crippen LogP contribution in [0.5, 0.6) is 0 Å².